The van der Waals surface area contributed by atoms with Crippen LogP contribution in [0.4, 0.5) is 0 Å². The molecule has 1 aromatic carbocycles. The Labute approximate surface area is 121 Å². The van der Waals surface area contributed by atoms with Crippen molar-refractivity contribution in [2.75, 3.05) is 0 Å². The highest BCUT2D eigenvalue weighted by Gasteiger charge is 2.39. The van der Waals surface area contributed by atoms with Gasteiger partial charge in [0.1, 0.15) is 0 Å². The van der Waals surface area contributed by atoms with Gasteiger partial charge in [-0.2, -0.15) is 0 Å². The number of hydrogen-bond donors (Lipinski definition) is 2. The molecule has 0 spiro atoms. The summed E-state index contributed by atoms with van der Waals surface area (Å²) in [5, 5.41) is 7.66. The van der Waals surface area contributed by atoms with Crippen molar-refractivity contribution in [1.82, 2.24) is 10.6 Å². The van der Waals surface area contributed by atoms with Gasteiger partial charge in [-0.3, -0.25) is 0 Å². The summed E-state index contributed by atoms with van der Waals surface area (Å²) in [5.74, 6) is 1.83. The largest absolute Gasteiger partial charge is 0.360 e. The van der Waals surface area contributed by atoms with Crippen molar-refractivity contribution in [3.8, 4) is 0 Å². The third-order valence-electron chi connectivity index (χ3n) is 4.63. The maximum absolute atomic E-state index is 5.41. The SMILES string of the molecule is Cc1ccc(CNC(=S)N[C@@H]2C[C@H]3CC[C@@H]2C3)cc1. The third kappa shape index (κ3) is 3.08. The van der Waals surface area contributed by atoms with E-state index in [1.165, 1.54) is 36.8 Å². The maximum Gasteiger partial charge on any atom is 0.166 e. The first-order valence-electron chi connectivity index (χ1n) is 7.30. The van der Waals surface area contributed by atoms with Gasteiger partial charge in [0.25, 0.3) is 0 Å². The van der Waals surface area contributed by atoms with Gasteiger partial charge in [0.15, 0.2) is 5.11 Å². The van der Waals surface area contributed by atoms with Gasteiger partial charge in [-0.15, -0.1) is 0 Å². The lowest BCUT2D eigenvalue weighted by atomic mass is 9.96. The molecule has 2 saturated carbocycles. The van der Waals surface area contributed by atoms with Crippen LogP contribution in [0.2, 0.25) is 0 Å². The number of rotatable bonds is 3. The lowest BCUT2D eigenvalue weighted by Gasteiger charge is -2.24. The van der Waals surface area contributed by atoms with Crippen LogP contribution in [0.5, 0.6) is 0 Å². The molecule has 2 aliphatic carbocycles. The van der Waals surface area contributed by atoms with E-state index in [1.807, 2.05) is 0 Å². The monoisotopic (exact) mass is 274 g/mol. The van der Waals surface area contributed by atoms with Gasteiger partial charge in [0.05, 0.1) is 0 Å². The molecule has 3 rings (SSSR count). The first kappa shape index (κ1) is 12.9. The van der Waals surface area contributed by atoms with E-state index in [1.54, 1.807) is 0 Å². The number of benzene rings is 1. The average Bonchev–Trinajstić information content (AvgIpc) is 3.00. The zero-order valence-corrected chi connectivity index (χ0v) is 12.3. The molecule has 0 aromatic heterocycles. The predicted molar refractivity (Wildman–Crippen MR) is 83.0 cm³/mol. The highest BCUT2D eigenvalue weighted by Crippen LogP contribution is 2.44. The van der Waals surface area contributed by atoms with Crippen LogP contribution in [0.25, 0.3) is 0 Å². The summed E-state index contributed by atoms with van der Waals surface area (Å²) in [7, 11) is 0. The van der Waals surface area contributed by atoms with Crippen molar-refractivity contribution in [3.63, 3.8) is 0 Å². The molecule has 2 nitrogen and oxygen atoms in total. The Balaban J connectivity index is 1.45. The quantitative estimate of drug-likeness (QED) is 0.828. The molecule has 0 aliphatic heterocycles. The Bertz CT molecular complexity index is 454. The van der Waals surface area contributed by atoms with E-state index >= 15 is 0 Å². The third-order valence-corrected chi connectivity index (χ3v) is 4.89. The lowest BCUT2D eigenvalue weighted by molar-refractivity contribution is 0.389. The molecule has 3 heteroatoms. The van der Waals surface area contributed by atoms with Crippen molar-refractivity contribution >= 4 is 17.3 Å². The molecule has 3 atom stereocenters. The van der Waals surface area contributed by atoms with E-state index in [-0.39, 0.29) is 0 Å². The average molecular weight is 274 g/mol. The van der Waals surface area contributed by atoms with Crippen LogP contribution in [0, 0.1) is 18.8 Å². The second-order valence-corrected chi connectivity index (χ2v) is 6.50. The van der Waals surface area contributed by atoms with Crippen molar-refractivity contribution < 1.29 is 0 Å². The summed E-state index contributed by atoms with van der Waals surface area (Å²) < 4.78 is 0. The Hall–Kier alpha value is -1.09. The molecular formula is C16H22N2S. The zero-order chi connectivity index (χ0) is 13.2. The lowest BCUT2D eigenvalue weighted by Crippen LogP contribution is -2.43. The minimum Gasteiger partial charge on any atom is -0.360 e. The van der Waals surface area contributed by atoms with E-state index in [4.69, 9.17) is 12.2 Å². The van der Waals surface area contributed by atoms with Crippen LogP contribution in [0.15, 0.2) is 24.3 Å². The van der Waals surface area contributed by atoms with Crippen LogP contribution in [0.3, 0.4) is 0 Å². The summed E-state index contributed by atoms with van der Waals surface area (Å²) in [4.78, 5) is 0. The van der Waals surface area contributed by atoms with Gasteiger partial charge in [0, 0.05) is 12.6 Å². The molecular weight excluding hydrogens is 252 g/mol. The summed E-state index contributed by atoms with van der Waals surface area (Å²) in [6.45, 7) is 2.92. The van der Waals surface area contributed by atoms with Gasteiger partial charge in [-0.05, 0) is 55.8 Å². The van der Waals surface area contributed by atoms with Crippen LogP contribution in [0.1, 0.15) is 36.8 Å². The second kappa shape index (κ2) is 5.49. The molecule has 1 aromatic rings. The molecule has 2 N–H and O–H groups in total. The Morgan fingerprint density at radius 1 is 1.21 bits per heavy atom. The minimum absolute atomic E-state index is 0.622. The van der Waals surface area contributed by atoms with Crippen molar-refractivity contribution in [1.29, 1.82) is 0 Å². The number of fused-ring (bicyclic) bond motifs is 2. The predicted octanol–water partition coefficient (Wildman–Crippen LogP) is 3.15. The normalized spacial score (nSPS) is 28.4. The van der Waals surface area contributed by atoms with Gasteiger partial charge < -0.3 is 10.6 Å². The number of nitrogens with one attached hydrogen (secondary N) is 2. The van der Waals surface area contributed by atoms with Crippen LogP contribution >= 0.6 is 12.2 Å². The smallest absolute Gasteiger partial charge is 0.166 e. The van der Waals surface area contributed by atoms with E-state index in [9.17, 15) is 0 Å². The fourth-order valence-corrected chi connectivity index (χ4v) is 3.75. The first-order valence-corrected chi connectivity index (χ1v) is 7.71. The van der Waals surface area contributed by atoms with Gasteiger partial charge >= 0.3 is 0 Å². The molecule has 0 radical (unpaired) electrons. The highest BCUT2D eigenvalue weighted by atomic mass is 32.1. The standard InChI is InChI=1S/C16H22N2S/c1-11-2-4-12(5-3-11)10-17-16(19)18-15-9-13-6-7-14(15)8-13/h2-5,13-15H,6-10H2,1H3,(H2,17,18,19)/t13-,14+,15+/m0/s1. The number of thiocarbonyl (C=S) groups is 1. The minimum atomic E-state index is 0.622. The highest BCUT2D eigenvalue weighted by molar-refractivity contribution is 7.80. The van der Waals surface area contributed by atoms with E-state index in [0.29, 0.717) is 6.04 Å². The van der Waals surface area contributed by atoms with Crippen molar-refractivity contribution in [2.45, 2.75) is 45.2 Å². The van der Waals surface area contributed by atoms with E-state index < -0.39 is 0 Å². The van der Waals surface area contributed by atoms with Gasteiger partial charge in [0.2, 0.25) is 0 Å². The molecule has 2 bridgehead atoms. The molecule has 19 heavy (non-hydrogen) atoms. The van der Waals surface area contributed by atoms with Crippen molar-refractivity contribution in [2.24, 2.45) is 11.8 Å². The van der Waals surface area contributed by atoms with Crippen LogP contribution < -0.4 is 10.6 Å². The Morgan fingerprint density at radius 2 is 2.00 bits per heavy atom. The van der Waals surface area contributed by atoms with Crippen molar-refractivity contribution in [3.05, 3.63) is 35.4 Å². The van der Waals surface area contributed by atoms with Gasteiger partial charge in [-0.25, -0.2) is 0 Å². The topological polar surface area (TPSA) is 24.1 Å². The molecule has 2 aliphatic rings. The molecule has 0 amide bonds. The first-order chi connectivity index (χ1) is 9.20. The molecule has 2 fully saturated rings. The Kier molecular flexibility index (Phi) is 3.74. The molecule has 0 unspecified atom stereocenters. The molecule has 102 valence electrons. The fourth-order valence-electron chi connectivity index (χ4n) is 3.53. The number of aryl methyl sites for hydroxylation is 1. The van der Waals surface area contributed by atoms with E-state index in [0.717, 1.165) is 23.5 Å². The fraction of sp³-hybridized carbons (Fsp3) is 0.562. The van der Waals surface area contributed by atoms with Gasteiger partial charge in [-0.1, -0.05) is 36.2 Å². The summed E-state index contributed by atoms with van der Waals surface area (Å²) in [6, 6.07) is 9.22. The summed E-state index contributed by atoms with van der Waals surface area (Å²) in [6.07, 6.45) is 5.56. The molecule has 0 heterocycles. The second-order valence-electron chi connectivity index (χ2n) is 6.09. The maximum atomic E-state index is 5.41. The summed E-state index contributed by atoms with van der Waals surface area (Å²) in [5.41, 5.74) is 2.58. The summed E-state index contributed by atoms with van der Waals surface area (Å²) >= 11 is 5.41. The molecule has 0 saturated heterocycles. The van der Waals surface area contributed by atoms with Crippen LogP contribution in [-0.4, -0.2) is 11.2 Å². The van der Waals surface area contributed by atoms with E-state index in [2.05, 4.69) is 41.8 Å². The zero-order valence-electron chi connectivity index (χ0n) is 11.5. The Morgan fingerprint density at radius 3 is 2.63 bits per heavy atom. The number of hydrogen-bond acceptors (Lipinski definition) is 1. The van der Waals surface area contributed by atoms with Crippen LogP contribution in [-0.2, 0) is 6.54 Å².